The van der Waals surface area contributed by atoms with Crippen LogP contribution in [0.3, 0.4) is 0 Å². The largest absolute Gasteiger partial charge is 0.385 e. The molecule has 0 aliphatic heterocycles. The zero-order valence-corrected chi connectivity index (χ0v) is 12.2. The Hall–Kier alpha value is -1.68. The molecule has 0 amide bonds. The Morgan fingerprint density at radius 2 is 2.05 bits per heavy atom. The first-order valence-corrected chi connectivity index (χ1v) is 6.95. The van der Waals surface area contributed by atoms with Gasteiger partial charge in [0.05, 0.1) is 11.3 Å². The van der Waals surface area contributed by atoms with Crippen molar-refractivity contribution in [1.29, 1.82) is 0 Å². The molecule has 1 N–H and O–H groups in total. The first-order valence-electron chi connectivity index (χ1n) is 6.95. The Balaban J connectivity index is 2.20. The third-order valence-corrected chi connectivity index (χ3v) is 3.69. The van der Waals surface area contributed by atoms with Crippen LogP contribution >= 0.6 is 0 Å². The maximum absolute atomic E-state index is 13.8. The fraction of sp³-hybridized carbons (Fsp3) is 0.438. The number of hydrogen-bond acceptors (Lipinski definition) is 2. The number of aliphatic hydroxyl groups is 1. The number of halogens is 1. The molecule has 0 aliphatic rings. The summed E-state index contributed by atoms with van der Waals surface area (Å²) in [5.74, 6) is -0.390. The molecular weight excluding hydrogens is 255 g/mol. The molecule has 0 saturated carbocycles. The molecule has 1 aromatic heterocycles. The summed E-state index contributed by atoms with van der Waals surface area (Å²) < 4.78 is 15.7. The topological polar surface area (TPSA) is 38.0 Å². The molecule has 0 aliphatic carbocycles. The molecule has 0 fully saturated rings. The predicted octanol–water partition coefficient (Wildman–Crippen LogP) is 3.44. The molecule has 0 spiro atoms. The molecule has 2 unspecified atom stereocenters. The molecule has 4 heteroatoms. The van der Waals surface area contributed by atoms with E-state index in [0.29, 0.717) is 11.6 Å². The van der Waals surface area contributed by atoms with E-state index in [9.17, 15) is 9.50 Å². The van der Waals surface area contributed by atoms with Gasteiger partial charge < -0.3 is 5.11 Å². The van der Waals surface area contributed by atoms with Crippen molar-refractivity contribution in [3.63, 3.8) is 0 Å². The summed E-state index contributed by atoms with van der Waals surface area (Å²) in [4.78, 5) is 0. The van der Waals surface area contributed by atoms with Crippen molar-refractivity contribution < 1.29 is 9.50 Å². The zero-order valence-electron chi connectivity index (χ0n) is 12.2. The second-order valence-electron chi connectivity index (χ2n) is 5.47. The van der Waals surface area contributed by atoms with Crippen LogP contribution in [0.25, 0.3) is 0 Å². The van der Waals surface area contributed by atoms with E-state index in [4.69, 9.17) is 0 Å². The number of aromatic nitrogens is 2. The summed E-state index contributed by atoms with van der Waals surface area (Å²) in [6, 6.07) is 8.52. The summed E-state index contributed by atoms with van der Waals surface area (Å²) in [5.41, 5.74) is -0.198. The van der Waals surface area contributed by atoms with E-state index in [-0.39, 0.29) is 12.2 Å². The van der Waals surface area contributed by atoms with Gasteiger partial charge in [0.25, 0.3) is 0 Å². The molecule has 1 aromatic carbocycles. The van der Waals surface area contributed by atoms with Gasteiger partial charge in [-0.1, -0.05) is 25.1 Å². The van der Waals surface area contributed by atoms with Gasteiger partial charge in [-0.2, -0.15) is 5.10 Å². The molecule has 0 saturated heterocycles. The summed E-state index contributed by atoms with van der Waals surface area (Å²) in [6.07, 6.45) is 3.18. The van der Waals surface area contributed by atoms with Gasteiger partial charge in [-0.15, -0.1) is 0 Å². The van der Waals surface area contributed by atoms with Crippen LogP contribution in [0.5, 0.6) is 0 Å². The van der Waals surface area contributed by atoms with Crippen LogP contribution in [-0.2, 0) is 12.0 Å². The van der Waals surface area contributed by atoms with Gasteiger partial charge in [0.2, 0.25) is 0 Å². The first kappa shape index (κ1) is 14.7. The number of rotatable bonds is 5. The number of nitrogens with zero attached hydrogens (tertiary/aromatic N) is 2. The monoisotopic (exact) mass is 276 g/mol. The van der Waals surface area contributed by atoms with Crippen LogP contribution in [0.1, 0.15) is 44.5 Å². The van der Waals surface area contributed by atoms with Gasteiger partial charge in [0.1, 0.15) is 5.82 Å². The molecule has 0 bridgehead atoms. The van der Waals surface area contributed by atoms with Crippen molar-refractivity contribution in [1.82, 2.24) is 9.78 Å². The van der Waals surface area contributed by atoms with Crippen LogP contribution in [0.4, 0.5) is 4.39 Å². The molecule has 2 rings (SSSR count). The molecule has 0 radical (unpaired) electrons. The van der Waals surface area contributed by atoms with Crippen LogP contribution in [0.15, 0.2) is 36.5 Å². The van der Waals surface area contributed by atoms with Gasteiger partial charge in [0, 0.05) is 24.2 Å². The third kappa shape index (κ3) is 3.07. The van der Waals surface area contributed by atoms with E-state index >= 15 is 0 Å². The maximum Gasteiger partial charge on any atom is 0.129 e. The average Bonchev–Trinajstić information content (AvgIpc) is 2.85. The lowest BCUT2D eigenvalue weighted by Gasteiger charge is -2.23. The Kier molecular flexibility index (Phi) is 4.23. The van der Waals surface area contributed by atoms with Gasteiger partial charge in [-0.05, 0) is 32.4 Å². The Bertz CT molecular complexity index is 577. The standard InChI is InChI=1S/C16H21FN2O/c1-4-12(2)19-10-9-13(18-19)11-16(3,20)14-7-5-6-8-15(14)17/h5-10,12,20H,4,11H2,1-3H3. The van der Waals surface area contributed by atoms with E-state index in [1.54, 1.807) is 25.1 Å². The van der Waals surface area contributed by atoms with E-state index in [1.165, 1.54) is 6.07 Å². The summed E-state index contributed by atoms with van der Waals surface area (Å²) in [7, 11) is 0. The molecule has 108 valence electrons. The van der Waals surface area contributed by atoms with Crippen molar-refractivity contribution in [2.75, 3.05) is 0 Å². The van der Waals surface area contributed by atoms with Crippen LogP contribution in [0, 0.1) is 5.82 Å². The van der Waals surface area contributed by atoms with Gasteiger partial charge in [-0.25, -0.2) is 4.39 Å². The van der Waals surface area contributed by atoms with E-state index in [0.717, 1.165) is 12.1 Å². The van der Waals surface area contributed by atoms with E-state index in [2.05, 4.69) is 18.9 Å². The highest BCUT2D eigenvalue weighted by Crippen LogP contribution is 2.27. The van der Waals surface area contributed by atoms with Gasteiger partial charge in [-0.3, -0.25) is 4.68 Å². The number of hydrogen-bond donors (Lipinski definition) is 1. The summed E-state index contributed by atoms with van der Waals surface area (Å²) >= 11 is 0. The molecule has 2 aromatic rings. The lowest BCUT2D eigenvalue weighted by molar-refractivity contribution is 0.0526. The van der Waals surface area contributed by atoms with Gasteiger partial charge in [0.15, 0.2) is 0 Å². The predicted molar refractivity (Wildman–Crippen MR) is 76.9 cm³/mol. The average molecular weight is 276 g/mol. The van der Waals surface area contributed by atoms with Crippen molar-refractivity contribution in [3.8, 4) is 0 Å². The third-order valence-electron chi connectivity index (χ3n) is 3.69. The minimum absolute atomic E-state index is 0.289. The van der Waals surface area contributed by atoms with E-state index in [1.807, 2.05) is 16.9 Å². The number of benzene rings is 1. The minimum Gasteiger partial charge on any atom is -0.385 e. The van der Waals surface area contributed by atoms with Crippen LogP contribution < -0.4 is 0 Å². The molecule has 3 nitrogen and oxygen atoms in total. The zero-order chi connectivity index (χ0) is 14.8. The summed E-state index contributed by atoms with van der Waals surface area (Å²) in [5, 5.41) is 15.0. The quantitative estimate of drug-likeness (QED) is 0.908. The van der Waals surface area contributed by atoms with Crippen LogP contribution in [0.2, 0.25) is 0 Å². The normalized spacial score (nSPS) is 15.8. The van der Waals surface area contributed by atoms with Crippen molar-refractivity contribution in [3.05, 3.63) is 53.6 Å². The second-order valence-corrected chi connectivity index (χ2v) is 5.47. The smallest absolute Gasteiger partial charge is 0.129 e. The fourth-order valence-corrected chi connectivity index (χ4v) is 2.25. The minimum atomic E-state index is -1.26. The van der Waals surface area contributed by atoms with Crippen LogP contribution in [-0.4, -0.2) is 14.9 Å². The molecular formula is C16H21FN2O. The Morgan fingerprint density at radius 1 is 1.35 bits per heavy atom. The summed E-state index contributed by atoms with van der Waals surface area (Å²) in [6.45, 7) is 5.81. The van der Waals surface area contributed by atoms with E-state index < -0.39 is 5.60 Å². The fourth-order valence-electron chi connectivity index (χ4n) is 2.25. The highest BCUT2D eigenvalue weighted by atomic mass is 19.1. The molecule has 2 atom stereocenters. The van der Waals surface area contributed by atoms with Crippen molar-refractivity contribution in [2.24, 2.45) is 0 Å². The Labute approximate surface area is 119 Å². The first-order chi connectivity index (χ1) is 9.44. The highest BCUT2D eigenvalue weighted by Gasteiger charge is 2.27. The maximum atomic E-state index is 13.8. The van der Waals surface area contributed by atoms with Gasteiger partial charge >= 0.3 is 0 Å². The molecule has 20 heavy (non-hydrogen) atoms. The lowest BCUT2D eigenvalue weighted by Crippen LogP contribution is -2.26. The SMILES string of the molecule is CCC(C)n1ccc(CC(C)(O)c2ccccc2F)n1. The van der Waals surface area contributed by atoms with Crippen molar-refractivity contribution in [2.45, 2.75) is 45.3 Å². The Morgan fingerprint density at radius 3 is 2.70 bits per heavy atom. The lowest BCUT2D eigenvalue weighted by atomic mass is 9.91. The highest BCUT2D eigenvalue weighted by molar-refractivity contribution is 5.25. The van der Waals surface area contributed by atoms with Crippen molar-refractivity contribution >= 4 is 0 Å². The molecule has 1 heterocycles. The second kappa shape index (κ2) is 5.75.